The monoisotopic (exact) mass is 966 g/mol. The second-order valence-corrected chi connectivity index (χ2v) is 20.3. The lowest BCUT2D eigenvalue weighted by molar-refractivity contribution is -0.870. The van der Waals surface area contributed by atoms with Crippen LogP contribution in [0.5, 0.6) is 0 Å². The molecule has 388 valence electrons. The van der Waals surface area contributed by atoms with Crippen molar-refractivity contribution in [2.24, 2.45) is 0 Å². The number of amides is 1. The highest BCUT2D eigenvalue weighted by molar-refractivity contribution is 7.47. The maximum atomic E-state index is 12.9. The third-order valence-electron chi connectivity index (χ3n) is 11.1. The van der Waals surface area contributed by atoms with Gasteiger partial charge in [-0.15, -0.1) is 0 Å². The molecule has 0 saturated carbocycles. The minimum atomic E-state index is -4.36. The van der Waals surface area contributed by atoms with Gasteiger partial charge in [0.05, 0.1) is 39.9 Å². The van der Waals surface area contributed by atoms with E-state index in [0.717, 1.165) is 96.3 Å². The Hall–Kier alpha value is -3.10. The Morgan fingerprint density at radius 2 is 0.897 bits per heavy atom. The molecule has 68 heavy (non-hydrogen) atoms. The Kier molecular flexibility index (Phi) is 46.7. The van der Waals surface area contributed by atoms with E-state index in [4.69, 9.17) is 9.05 Å². The summed E-state index contributed by atoms with van der Waals surface area (Å²) in [5.41, 5.74) is 0. The fourth-order valence-electron chi connectivity index (χ4n) is 6.93. The summed E-state index contributed by atoms with van der Waals surface area (Å²) in [5, 5.41) is 13.8. The van der Waals surface area contributed by atoms with Crippen molar-refractivity contribution in [2.75, 3.05) is 40.9 Å². The zero-order valence-corrected chi connectivity index (χ0v) is 44.9. The normalized spacial score (nSPS) is 15.0. The molecule has 1 amide bonds. The van der Waals surface area contributed by atoms with E-state index in [-0.39, 0.29) is 19.1 Å². The van der Waals surface area contributed by atoms with Crippen molar-refractivity contribution in [1.82, 2.24) is 5.32 Å². The van der Waals surface area contributed by atoms with Gasteiger partial charge in [-0.25, -0.2) is 4.57 Å². The molecule has 0 aromatic rings. The number of nitrogens with zero attached hydrogens (tertiary/aromatic N) is 1. The topological polar surface area (TPSA) is 105 Å². The zero-order valence-electron chi connectivity index (χ0n) is 44.0. The summed E-state index contributed by atoms with van der Waals surface area (Å²) in [4.78, 5) is 23.2. The van der Waals surface area contributed by atoms with Crippen LogP contribution in [-0.4, -0.2) is 73.4 Å². The number of carbonyl (C=O) groups is 1. The number of allylic oxidation sites excluding steroid dienone is 19. The molecule has 3 atom stereocenters. The molecular weight excluding hydrogens is 864 g/mol. The summed E-state index contributed by atoms with van der Waals surface area (Å²) < 4.78 is 23.6. The molecule has 0 aromatic heterocycles. The predicted octanol–water partition coefficient (Wildman–Crippen LogP) is 16.2. The summed E-state index contributed by atoms with van der Waals surface area (Å²) in [6.45, 7) is 4.63. The Morgan fingerprint density at radius 3 is 1.35 bits per heavy atom. The highest BCUT2D eigenvalue weighted by Gasteiger charge is 2.27. The fourth-order valence-corrected chi connectivity index (χ4v) is 7.67. The van der Waals surface area contributed by atoms with Crippen molar-refractivity contribution in [3.8, 4) is 0 Å². The molecule has 0 aliphatic heterocycles. The number of rotatable bonds is 47. The van der Waals surface area contributed by atoms with Crippen LogP contribution in [0.2, 0.25) is 0 Å². The largest absolute Gasteiger partial charge is 0.472 e. The van der Waals surface area contributed by atoms with Crippen molar-refractivity contribution >= 4 is 13.7 Å². The Labute approximate surface area is 418 Å². The van der Waals surface area contributed by atoms with Crippen LogP contribution in [0.4, 0.5) is 0 Å². The highest BCUT2D eigenvalue weighted by atomic mass is 31.2. The van der Waals surface area contributed by atoms with E-state index < -0.39 is 20.0 Å². The maximum Gasteiger partial charge on any atom is 0.472 e. The number of quaternary nitrogens is 1. The van der Waals surface area contributed by atoms with Crippen LogP contribution in [0.15, 0.2) is 122 Å². The molecule has 0 fully saturated rings. The van der Waals surface area contributed by atoms with E-state index in [9.17, 15) is 19.4 Å². The van der Waals surface area contributed by atoms with Crippen molar-refractivity contribution in [3.05, 3.63) is 122 Å². The molecule has 3 unspecified atom stereocenters. The van der Waals surface area contributed by atoms with Gasteiger partial charge in [-0.2, -0.15) is 0 Å². The number of aliphatic hydroxyl groups is 1. The van der Waals surface area contributed by atoms with Gasteiger partial charge in [0.15, 0.2) is 0 Å². The van der Waals surface area contributed by atoms with Gasteiger partial charge in [0, 0.05) is 6.42 Å². The minimum Gasteiger partial charge on any atom is -0.387 e. The van der Waals surface area contributed by atoms with E-state index >= 15 is 0 Å². The van der Waals surface area contributed by atoms with Crippen LogP contribution in [-0.2, 0) is 18.4 Å². The van der Waals surface area contributed by atoms with Crippen molar-refractivity contribution in [2.45, 2.75) is 206 Å². The van der Waals surface area contributed by atoms with Crippen LogP contribution in [0, 0.1) is 0 Å². The molecule has 0 heterocycles. The number of hydrogen-bond donors (Lipinski definition) is 3. The van der Waals surface area contributed by atoms with Crippen molar-refractivity contribution < 1.29 is 32.9 Å². The standard InChI is InChI=1S/C59H101N2O6P/c1-6-8-10-12-14-16-18-20-22-23-24-25-26-27-28-29-30-31-32-33-34-35-36-37-39-41-43-45-47-49-51-53-59(63)60-57(56-67-68(64,65)66-55-54-61(3,4)5)58(62)52-50-48-46-44-42-40-38-21-19-17-15-13-11-9-7-2/h8,10,14,16,19-22,24-25,27-28,30-31,33-34,42,44,50,52,57-58,62H,6-7,9,11-13,15,17-18,23,26,29,32,35-41,43,45-49,51,53-56H2,1-5H3,(H-,60,63,64,65)/p+1/b10-8-,16-14-,21-19+,22-20-,25-24-,28-27-,31-30-,34-33-,44-42+,52-50+. The van der Waals surface area contributed by atoms with E-state index in [1.165, 1.54) is 77.0 Å². The quantitative estimate of drug-likeness (QED) is 0.0243. The number of unbranched alkanes of at least 4 members (excludes halogenated alkanes) is 16. The summed E-state index contributed by atoms with van der Waals surface area (Å²) in [5.74, 6) is -0.204. The van der Waals surface area contributed by atoms with Gasteiger partial charge in [-0.1, -0.05) is 206 Å². The van der Waals surface area contributed by atoms with Gasteiger partial charge in [0.2, 0.25) is 5.91 Å². The van der Waals surface area contributed by atoms with Crippen molar-refractivity contribution in [3.63, 3.8) is 0 Å². The predicted molar refractivity (Wildman–Crippen MR) is 295 cm³/mol. The Morgan fingerprint density at radius 1 is 0.515 bits per heavy atom. The van der Waals surface area contributed by atoms with Gasteiger partial charge >= 0.3 is 7.82 Å². The third kappa shape index (κ3) is 50.8. The number of likely N-dealkylation sites (N-methyl/N-ethyl adjacent to an activating group) is 1. The second kappa shape index (κ2) is 48.9. The van der Waals surface area contributed by atoms with Gasteiger partial charge in [-0.05, 0) is 103 Å². The molecule has 0 saturated heterocycles. The van der Waals surface area contributed by atoms with Gasteiger partial charge in [0.25, 0.3) is 0 Å². The SMILES string of the molecule is CC/C=C\C/C=C\C/C=C\C/C=C\C/C=C\C/C=C\C/C=C\CCCCCCCCCCCC(=O)NC(COP(=O)(O)OCC[N+](C)(C)C)C(O)/C=C/CC/C=C/CC/C=C/CCCCCCC. The Bertz CT molecular complexity index is 1510. The fraction of sp³-hybridized carbons (Fsp3) is 0.644. The first kappa shape index (κ1) is 64.9. The average molecular weight is 966 g/mol. The molecule has 8 nitrogen and oxygen atoms in total. The molecule has 0 rings (SSSR count). The van der Waals surface area contributed by atoms with Crippen LogP contribution in [0.25, 0.3) is 0 Å². The average Bonchev–Trinajstić information content (AvgIpc) is 3.30. The van der Waals surface area contributed by atoms with Crippen molar-refractivity contribution in [1.29, 1.82) is 0 Å². The summed E-state index contributed by atoms with van der Waals surface area (Å²) in [6, 6.07) is -0.881. The molecule has 9 heteroatoms. The smallest absolute Gasteiger partial charge is 0.387 e. The van der Waals surface area contributed by atoms with Gasteiger partial charge in [-0.3, -0.25) is 13.8 Å². The van der Waals surface area contributed by atoms with Crippen LogP contribution >= 0.6 is 7.82 Å². The van der Waals surface area contributed by atoms with Gasteiger partial charge in [0.1, 0.15) is 13.2 Å². The number of phosphoric acid groups is 1. The summed E-state index contributed by atoms with van der Waals surface area (Å²) in [6.07, 6.45) is 72.9. The maximum absolute atomic E-state index is 12.9. The minimum absolute atomic E-state index is 0.0458. The lowest BCUT2D eigenvalue weighted by Gasteiger charge is -2.25. The zero-order chi connectivity index (χ0) is 49.9. The second-order valence-electron chi connectivity index (χ2n) is 18.8. The van der Waals surface area contributed by atoms with E-state index in [1.54, 1.807) is 6.08 Å². The Balaban J connectivity index is 4.28. The molecule has 0 spiro atoms. The number of nitrogens with one attached hydrogen (secondary N) is 1. The molecule has 0 aromatic carbocycles. The van der Waals surface area contributed by atoms with Gasteiger partial charge < -0.3 is 19.8 Å². The molecule has 0 radical (unpaired) electrons. The third-order valence-corrected chi connectivity index (χ3v) is 12.1. The number of aliphatic hydroxyl groups excluding tert-OH is 1. The number of hydrogen-bond acceptors (Lipinski definition) is 5. The van der Waals surface area contributed by atoms with E-state index in [2.05, 4.69) is 129 Å². The number of carbonyl (C=O) groups excluding carboxylic acids is 1. The molecule has 0 aliphatic rings. The van der Waals surface area contributed by atoms with E-state index in [0.29, 0.717) is 17.4 Å². The first-order chi connectivity index (χ1) is 33.0. The molecule has 0 bridgehead atoms. The lowest BCUT2D eigenvalue weighted by atomic mass is 10.1. The lowest BCUT2D eigenvalue weighted by Crippen LogP contribution is -2.45. The molecule has 0 aliphatic carbocycles. The molecule has 3 N–H and O–H groups in total. The van der Waals surface area contributed by atoms with Crippen LogP contribution in [0.1, 0.15) is 194 Å². The highest BCUT2D eigenvalue weighted by Crippen LogP contribution is 2.43. The summed E-state index contributed by atoms with van der Waals surface area (Å²) in [7, 11) is 1.52. The first-order valence-corrected chi connectivity index (χ1v) is 28.4. The first-order valence-electron chi connectivity index (χ1n) is 26.9. The van der Waals surface area contributed by atoms with Crippen LogP contribution < -0.4 is 5.32 Å². The van der Waals surface area contributed by atoms with Crippen LogP contribution in [0.3, 0.4) is 0 Å². The molecular formula is C59H102N2O6P+. The van der Waals surface area contributed by atoms with E-state index in [1.807, 2.05) is 27.2 Å². The summed E-state index contributed by atoms with van der Waals surface area (Å²) >= 11 is 0. The number of phosphoric ester groups is 1.